The van der Waals surface area contributed by atoms with Crippen LogP contribution in [0.2, 0.25) is 5.02 Å². The Hall–Kier alpha value is -3.07. The van der Waals surface area contributed by atoms with Crippen LogP contribution >= 0.6 is 39.3 Å². The van der Waals surface area contributed by atoms with Gasteiger partial charge in [0.1, 0.15) is 0 Å². The van der Waals surface area contributed by atoms with Crippen molar-refractivity contribution in [2.24, 2.45) is 10.2 Å². The number of carbonyl (C=O) groups is 1. The number of ether oxygens (including phenoxy) is 1. The molecular formula is C26H20BrClN4O2S. The van der Waals surface area contributed by atoms with E-state index >= 15 is 0 Å². The molecule has 0 bridgehead atoms. The summed E-state index contributed by atoms with van der Waals surface area (Å²) in [7, 11) is 0. The summed E-state index contributed by atoms with van der Waals surface area (Å²) < 4.78 is 6.28. The van der Waals surface area contributed by atoms with Gasteiger partial charge in [-0.1, -0.05) is 57.9 Å². The molecule has 2 aliphatic heterocycles. The first kappa shape index (κ1) is 23.7. The van der Waals surface area contributed by atoms with Crippen LogP contribution in [-0.2, 0) is 9.53 Å². The standard InChI is InChI=1S/C26H20BrClN4O2S/c1-2-34-25(33)24-30-32(22-14-12-20(28)13-15-22)26(35-24)17-16-23(18-8-10-19(27)11-9-18)29-31(26)21-6-4-3-5-7-21/h3-17H,2H2,1H3. The Morgan fingerprint density at radius 3 is 2.31 bits per heavy atom. The van der Waals surface area contributed by atoms with Gasteiger partial charge in [0.05, 0.1) is 23.7 Å². The molecular weight excluding hydrogens is 548 g/mol. The van der Waals surface area contributed by atoms with Gasteiger partial charge in [-0.25, -0.2) is 14.8 Å². The summed E-state index contributed by atoms with van der Waals surface area (Å²) in [5, 5.41) is 14.3. The number of thioether (sulfide) groups is 1. The molecule has 3 aromatic carbocycles. The van der Waals surface area contributed by atoms with Crippen LogP contribution in [0.5, 0.6) is 0 Å². The second-order valence-electron chi connectivity index (χ2n) is 7.65. The minimum atomic E-state index is -0.976. The highest BCUT2D eigenvalue weighted by molar-refractivity contribution is 9.10. The smallest absolute Gasteiger partial charge is 0.365 e. The zero-order chi connectivity index (χ0) is 24.4. The van der Waals surface area contributed by atoms with Crippen molar-refractivity contribution < 1.29 is 9.53 Å². The lowest BCUT2D eigenvalue weighted by atomic mass is 10.1. The van der Waals surface area contributed by atoms with Crippen molar-refractivity contribution in [1.29, 1.82) is 0 Å². The van der Waals surface area contributed by atoms with E-state index in [1.807, 2.05) is 83.9 Å². The first-order valence-corrected chi connectivity index (χ1v) is 12.9. The van der Waals surface area contributed by atoms with Crippen LogP contribution in [0.4, 0.5) is 11.4 Å². The van der Waals surface area contributed by atoms with Crippen LogP contribution in [0.3, 0.4) is 0 Å². The summed E-state index contributed by atoms with van der Waals surface area (Å²) in [5.41, 5.74) is 3.35. The molecule has 35 heavy (non-hydrogen) atoms. The molecule has 1 unspecified atom stereocenters. The lowest BCUT2D eigenvalue weighted by Gasteiger charge is -2.43. The first-order chi connectivity index (χ1) is 17.0. The van der Waals surface area contributed by atoms with Gasteiger partial charge in [0.25, 0.3) is 0 Å². The van der Waals surface area contributed by atoms with Gasteiger partial charge < -0.3 is 4.74 Å². The molecule has 0 fully saturated rings. The number of hydrogen-bond acceptors (Lipinski definition) is 7. The summed E-state index contributed by atoms with van der Waals surface area (Å²) in [6.07, 6.45) is 3.97. The van der Waals surface area contributed by atoms with Crippen LogP contribution < -0.4 is 10.0 Å². The van der Waals surface area contributed by atoms with Crippen LogP contribution in [0.1, 0.15) is 12.5 Å². The number of esters is 1. The predicted octanol–water partition coefficient (Wildman–Crippen LogP) is 6.67. The van der Waals surface area contributed by atoms with Crippen molar-refractivity contribution in [3.63, 3.8) is 0 Å². The molecule has 0 aliphatic carbocycles. The Balaban J connectivity index is 1.65. The Bertz CT molecular complexity index is 1330. The molecule has 5 rings (SSSR count). The zero-order valence-electron chi connectivity index (χ0n) is 18.6. The van der Waals surface area contributed by atoms with Gasteiger partial charge in [-0.05, 0) is 79.4 Å². The Kier molecular flexibility index (Phi) is 6.69. The van der Waals surface area contributed by atoms with Crippen molar-refractivity contribution in [3.8, 4) is 0 Å². The highest BCUT2D eigenvalue weighted by Gasteiger charge is 2.51. The number of hydrazone groups is 2. The lowest BCUT2D eigenvalue weighted by Crippen LogP contribution is -2.53. The quantitative estimate of drug-likeness (QED) is 0.323. The molecule has 2 heterocycles. The third-order valence-electron chi connectivity index (χ3n) is 5.37. The van der Waals surface area contributed by atoms with E-state index < -0.39 is 11.0 Å². The maximum Gasteiger partial charge on any atom is 0.365 e. The molecule has 9 heteroatoms. The molecule has 0 amide bonds. The molecule has 1 atom stereocenters. The fraction of sp³-hybridized carbons (Fsp3) is 0.115. The Morgan fingerprint density at radius 1 is 0.971 bits per heavy atom. The highest BCUT2D eigenvalue weighted by atomic mass is 79.9. The Labute approximate surface area is 221 Å². The van der Waals surface area contributed by atoms with Crippen molar-refractivity contribution >= 4 is 67.4 Å². The van der Waals surface area contributed by atoms with E-state index in [9.17, 15) is 4.79 Å². The highest BCUT2D eigenvalue weighted by Crippen LogP contribution is 2.48. The summed E-state index contributed by atoms with van der Waals surface area (Å²) in [6, 6.07) is 25.1. The molecule has 0 aromatic heterocycles. The van der Waals surface area contributed by atoms with Crippen LogP contribution in [0.15, 0.2) is 106 Å². The molecule has 6 nitrogen and oxygen atoms in total. The number of anilines is 2. The van der Waals surface area contributed by atoms with Crippen molar-refractivity contribution in [2.45, 2.75) is 11.9 Å². The topological polar surface area (TPSA) is 57.5 Å². The zero-order valence-corrected chi connectivity index (χ0v) is 21.8. The maximum atomic E-state index is 12.8. The number of allylic oxidation sites excluding steroid dienone is 1. The number of para-hydroxylation sites is 1. The van der Waals surface area contributed by atoms with Gasteiger partial charge in [-0.3, -0.25) is 0 Å². The van der Waals surface area contributed by atoms with Crippen LogP contribution in [-0.4, -0.2) is 28.3 Å². The normalized spacial score (nSPS) is 19.1. The molecule has 0 saturated carbocycles. The van der Waals surface area contributed by atoms with Crippen molar-refractivity contribution in [3.05, 3.63) is 106 Å². The second-order valence-corrected chi connectivity index (χ2v) is 10.2. The third kappa shape index (κ3) is 4.61. The van der Waals surface area contributed by atoms with Crippen LogP contribution in [0.25, 0.3) is 0 Å². The van der Waals surface area contributed by atoms with E-state index in [1.54, 1.807) is 24.1 Å². The largest absolute Gasteiger partial charge is 0.461 e. The fourth-order valence-corrected chi connectivity index (χ4v) is 5.30. The summed E-state index contributed by atoms with van der Waals surface area (Å²) in [6.45, 7) is 2.03. The van der Waals surface area contributed by atoms with Crippen molar-refractivity contribution in [1.82, 2.24) is 0 Å². The van der Waals surface area contributed by atoms with Crippen molar-refractivity contribution in [2.75, 3.05) is 16.6 Å². The van der Waals surface area contributed by atoms with E-state index in [-0.39, 0.29) is 11.7 Å². The average molecular weight is 568 g/mol. The molecule has 1 spiro atoms. The van der Waals surface area contributed by atoms with E-state index in [2.05, 4.69) is 15.9 Å². The van der Waals surface area contributed by atoms with E-state index in [0.29, 0.717) is 5.02 Å². The fourth-order valence-electron chi connectivity index (χ4n) is 3.76. The first-order valence-electron chi connectivity index (χ1n) is 10.9. The molecule has 0 saturated heterocycles. The number of carbonyl (C=O) groups excluding carboxylic acids is 1. The third-order valence-corrected chi connectivity index (χ3v) is 7.38. The maximum absolute atomic E-state index is 12.8. The Morgan fingerprint density at radius 2 is 1.63 bits per heavy atom. The van der Waals surface area contributed by atoms with Crippen LogP contribution in [0, 0.1) is 0 Å². The summed E-state index contributed by atoms with van der Waals surface area (Å²) in [5.74, 6) is -0.475. The second kappa shape index (κ2) is 9.89. The lowest BCUT2D eigenvalue weighted by molar-refractivity contribution is -0.134. The molecule has 2 aliphatic rings. The average Bonchev–Trinajstić information content (AvgIpc) is 3.26. The van der Waals surface area contributed by atoms with Gasteiger partial charge in [0.2, 0.25) is 10.0 Å². The summed E-state index contributed by atoms with van der Waals surface area (Å²) >= 11 is 10.9. The SMILES string of the molecule is CCOC(=O)C1=NN(c2ccc(Cl)cc2)C2(C=CC(c3ccc(Br)cc3)=NN2c2ccccc2)S1. The van der Waals surface area contributed by atoms with Gasteiger partial charge in [-0.15, -0.1) is 0 Å². The molecule has 0 radical (unpaired) electrons. The number of rotatable bonds is 5. The van der Waals surface area contributed by atoms with E-state index in [4.69, 9.17) is 26.5 Å². The van der Waals surface area contributed by atoms with E-state index in [1.165, 1.54) is 11.8 Å². The summed E-state index contributed by atoms with van der Waals surface area (Å²) in [4.78, 5) is 11.8. The number of benzene rings is 3. The van der Waals surface area contributed by atoms with Gasteiger partial charge >= 0.3 is 5.97 Å². The number of halogens is 2. The van der Waals surface area contributed by atoms with E-state index in [0.717, 1.165) is 27.1 Å². The monoisotopic (exact) mass is 566 g/mol. The van der Waals surface area contributed by atoms with Gasteiger partial charge in [-0.2, -0.15) is 10.2 Å². The van der Waals surface area contributed by atoms with Gasteiger partial charge in [0.15, 0.2) is 0 Å². The number of nitrogens with zero attached hydrogens (tertiary/aromatic N) is 4. The van der Waals surface area contributed by atoms with Gasteiger partial charge in [0, 0.05) is 15.1 Å². The molecule has 176 valence electrons. The predicted molar refractivity (Wildman–Crippen MR) is 147 cm³/mol. The minimum absolute atomic E-state index is 0.245. The molecule has 3 aromatic rings. The minimum Gasteiger partial charge on any atom is -0.461 e. The molecule has 0 N–H and O–H groups in total. The number of hydrogen-bond donors (Lipinski definition) is 0.